The van der Waals surface area contributed by atoms with Gasteiger partial charge in [-0.1, -0.05) is 36.4 Å². The van der Waals surface area contributed by atoms with Gasteiger partial charge in [0.05, 0.1) is 5.92 Å². The van der Waals surface area contributed by atoms with Gasteiger partial charge in [0.1, 0.15) is 0 Å². The van der Waals surface area contributed by atoms with Gasteiger partial charge in [-0.25, -0.2) is 0 Å². The zero-order valence-corrected chi connectivity index (χ0v) is 10.7. The van der Waals surface area contributed by atoms with Gasteiger partial charge in [-0.2, -0.15) is 0 Å². The van der Waals surface area contributed by atoms with Crippen LogP contribution in [0.2, 0.25) is 0 Å². The van der Waals surface area contributed by atoms with E-state index in [0.717, 1.165) is 24.8 Å². The van der Waals surface area contributed by atoms with E-state index < -0.39 is 0 Å². The molecule has 0 bridgehead atoms. The lowest BCUT2D eigenvalue weighted by molar-refractivity contribution is -0.120. The minimum Gasteiger partial charge on any atom is -0.292 e. The van der Waals surface area contributed by atoms with Crippen LogP contribution >= 0.6 is 16.1 Å². The molecule has 3 heteroatoms. The Bertz CT molecular complexity index is 337. The SMILES string of the molecule is C=CCCCC(C(=O)NBr)c1ccccc1. The van der Waals surface area contributed by atoms with Crippen molar-refractivity contribution in [2.24, 2.45) is 0 Å². The van der Waals surface area contributed by atoms with Gasteiger partial charge in [-0.05, 0) is 24.8 Å². The molecule has 1 unspecified atom stereocenters. The van der Waals surface area contributed by atoms with E-state index in [9.17, 15) is 4.79 Å². The Morgan fingerprint density at radius 2 is 2.12 bits per heavy atom. The molecule has 0 radical (unpaired) electrons. The molecule has 0 spiro atoms. The van der Waals surface area contributed by atoms with Crippen LogP contribution in [0.3, 0.4) is 0 Å². The van der Waals surface area contributed by atoms with Crippen LogP contribution in [-0.2, 0) is 4.79 Å². The molecule has 2 nitrogen and oxygen atoms in total. The van der Waals surface area contributed by atoms with Gasteiger partial charge in [0.15, 0.2) is 0 Å². The highest BCUT2D eigenvalue weighted by Crippen LogP contribution is 2.22. The zero-order chi connectivity index (χ0) is 11.8. The predicted octanol–water partition coefficient (Wildman–Crippen LogP) is 3.55. The number of benzene rings is 1. The van der Waals surface area contributed by atoms with Crippen LogP contribution < -0.4 is 4.34 Å². The van der Waals surface area contributed by atoms with Gasteiger partial charge >= 0.3 is 0 Å². The number of hydrogen-bond donors (Lipinski definition) is 1. The van der Waals surface area contributed by atoms with Crippen molar-refractivity contribution in [1.29, 1.82) is 0 Å². The van der Waals surface area contributed by atoms with E-state index in [2.05, 4.69) is 27.1 Å². The number of amides is 1. The molecule has 0 aliphatic rings. The van der Waals surface area contributed by atoms with E-state index in [1.165, 1.54) is 0 Å². The molecule has 1 rings (SSSR count). The highest BCUT2D eigenvalue weighted by molar-refractivity contribution is 9.08. The fourth-order valence-electron chi connectivity index (χ4n) is 1.67. The second-order valence-electron chi connectivity index (χ2n) is 3.64. The Kier molecular flexibility index (Phi) is 5.86. The number of carbonyl (C=O) groups excluding carboxylic acids is 1. The van der Waals surface area contributed by atoms with Crippen molar-refractivity contribution >= 4 is 22.1 Å². The fourth-order valence-corrected chi connectivity index (χ4v) is 1.94. The largest absolute Gasteiger partial charge is 0.292 e. The summed E-state index contributed by atoms with van der Waals surface area (Å²) < 4.78 is 2.54. The molecule has 0 fully saturated rings. The molecule has 1 atom stereocenters. The first-order valence-corrected chi connectivity index (χ1v) is 6.15. The Balaban J connectivity index is 2.71. The van der Waals surface area contributed by atoms with Gasteiger partial charge in [0.25, 0.3) is 0 Å². The minimum absolute atomic E-state index is 0.00950. The Morgan fingerprint density at radius 1 is 1.44 bits per heavy atom. The number of hydrogen-bond acceptors (Lipinski definition) is 1. The number of rotatable bonds is 6. The summed E-state index contributed by atoms with van der Waals surface area (Å²) in [4.78, 5) is 11.7. The highest BCUT2D eigenvalue weighted by atomic mass is 79.9. The van der Waals surface area contributed by atoms with Crippen molar-refractivity contribution < 1.29 is 4.79 Å². The van der Waals surface area contributed by atoms with E-state index in [-0.39, 0.29) is 11.8 Å². The molecule has 0 saturated carbocycles. The molecule has 1 N–H and O–H groups in total. The maximum Gasteiger partial charge on any atom is 0.237 e. The summed E-state index contributed by atoms with van der Waals surface area (Å²) in [6.45, 7) is 3.69. The number of unbranched alkanes of at least 4 members (excludes halogenated alkanes) is 1. The quantitative estimate of drug-likeness (QED) is 0.482. The van der Waals surface area contributed by atoms with E-state index >= 15 is 0 Å². The molecule has 0 aliphatic carbocycles. The first-order chi connectivity index (χ1) is 7.79. The van der Waals surface area contributed by atoms with E-state index in [1.54, 1.807) is 0 Å². The smallest absolute Gasteiger partial charge is 0.237 e. The number of halogens is 1. The van der Waals surface area contributed by atoms with E-state index in [4.69, 9.17) is 0 Å². The number of carbonyl (C=O) groups is 1. The third-order valence-corrected chi connectivity index (χ3v) is 2.90. The Hall–Kier alpha value is -1.09. The molecule has 86 valence electrons. The maximum atomic E-state index is 11.7. The van der Waals surface area contributed by atoms with Crippen LogP contribution in [0.1, 0.15) is 30.7 Å². The van der Waals surface area contributed by atoms with Gasteiger partial charge in [-0.3, -0.25) is 9.14 Å². The maximum absolute atomic E-state index is 11.7. The Labute approximate surface area is 105 Å². The van der Waals surface area contributed by atoms with Crippen LogP contribution in [0.15, 0.2) is 43.0 Å². The standard InChI is InChI=1S/C13H16BrNO/c1-2-3-5-10-12(13(16)15-14)11-8-6-4-7-9-11/h2,4,6-9,12H,1,3,5,10H2,(H,15,16). The van der Waals surface area contributed by atoms with Crippen molar-refractivity contribution in [3.05, 3.63) is 48.6 Å². The fraction of sp³-hybridized carbons (Fsp3) is 0.308. The molecule has 0 aromatic heterocycles. The first kappa shape index (κ1) is 13.0. The molecule has 1 aromatic rings. The van der Waals surface area contributed by atoms with Crippen LogP contribution in [0, 0.1) is 0 Å². The van der Waals surface area contributed by atoms with Crippen LogP contribution in [0.25, 0.3) is 0 Å². The molecule has 0 saturated heterocycles. The Morgan fingerprint density at radius 3 is 2.69 bits per heavy atom. The number of nitrogens with one attached hydrogen (secondary N) is 1. The summed E-state index contributed by atoms with van der Waals surface area (Å²) >= 11 is 3.00. The second kappa shape index (κ2) is 7.23. The lowest BCUT2D eigenvalue weighted by Gasteiger charge is -2.14. The summed E-state index contributed by atoms with van der Waals surface area (Å²) in [5, 5.41) is 0. The average Bonchev–Trinajstić information content (AvgIpc) is 2.35. The third kappa shape index (κ3) is 3.81. The molecule has 1 amide bonds. The van der Waals surface area contributed by atoms with Crippen molar-refractivity contribution in [1.82, 2.24) is 4.34 Å². The minimum atomic E-state index is -0.0828. The highest BCUT2D eigenvalue weighted by Gasteiger charge is 2.18. The van der Waals surface area contributed by atoms with Gasteiger partial charge < -0.3 is 0 Å². The summed E-state index contributed by atoms with van der Waals surface area (Å²) in [6, 6.07) is 9.84. The van der Waals surface area contributed by atoms with Crippen LogP contribution in [0.5, 0.6) is 0 Å². The zero-order valence-electron chi connectivity index (χ0n) is 9.16. The van der Waals surface area contributed by atoms with Gasteiger partial charge in [0, 0.05) is 16.1 Å². The molecule has 16 heavy (non-hydrogen) atoms. The average molecular weight is 282 g/mol. The summed E-state index contributed by atoms with van der Waals surface area (Å²) in [6.07, 6.45) is 4.64. The first-order valence-electron chi connectivity index (χ1n) is 5.36. The molecular formula is C13H16BrNO. The second-order valence-corrected chi connectivity index (χ2v) is 4.04. The van der Waals surface area contributed by atoms with Crippen molar-refractivity contribution in [2.45, 2.75) is 25.2 Å². The lowest BCUT2D eigenvalue weighted by atomic mass is 9.93. The lowest BCUT2D eigenvalue weighted by Crippen LogP contribution is -2.21. The van der Waals surface area contributed by atoms with Crippen LogP contribution in [-0.4, -0.2) is 5.91 Å². The predicted molar refractivity (Wildman–Crippen MR) is 70.3 cm³/mol. The van der Waals surface area contributed by atoms with Crippen molar-refractivity contribution in [2.75, 3.05) is 0 Å². The molecule has 1 aromatic carbocycles. The monoisotopic (exact) mass is 281 g/mol. The summed E-state index contributed by atoms with van der Waals surface area (Å²) in [7, 11) is 0. The topological polar surface area (TPSA) is 29.1 Å². The van der Waals surface area contributed by atoms with Crippen LogP contribution in [0.4, 0.5) is 0 Å². The van der Waals surface area contributed by atoms with E-state index in [1.807, 2.05) is 36.4 Å². The third-order valence-electron chi connectivity index (χ3n) is 2.51. The number of allylic oxidation sites excluding steroid dienone is 1. The van der Waals surface area contributed by atoms with Crippen molar-refractivity contribution in [3.8, 4) is 0 Å². The molecule has 0 aliphatic heterocycles. The van der Waals surface area contributed by atoms with Gasteiger partial charge in [0.2, 0.25) is 5.91 Å². The van der Waals surface area contributed by atoms with E-state index in [0.29, 0.717) is 0 Å². The summed E-state index contributed by atoms with van der Waals surface area (Å²) in [5.74, 6) is -0.0733. The molecule has 0 heterocycles. The molecular weight excluding hydrogens is 266 g/mol. The summed E-state index contributed by atoms with van der Waals surface area (Å²) in [5.41, 5.74) is 1.06. The van der Waals surface area contributed by atoms with Gasteiger partial charge in [-0.15, -0.1) is 6.58 Å². The van der Waals surface area contributed by atoms with Crippen molar-refractivity contribution in [3.63, 3.8) is 0 Å². The normalized spacial score (nSPS) is 11.8.